The maximum atomic E-state index is 12.1. The van der Waals surface area contributed by atoms with Crippen LogP contribution < -0.4 is 10.7 Å². The van der Waals surface area contributed by atoms with E-state index in [0.717, 1.165) is 18.5 Å². The first-order valence-electron chi connectivity index (χ1n) is 7.05. The number of benzene rings is 1. The molecule has 108 valence electrons. The number of rotatable bonds is 5. The van der Waals surface area contributed by atoms with E-state index in [1.807, 2.05) is 42.3 Å². The van der Waals surface area contributed by atoms with E-state index >= 15 is 0 Å². The standard InChI is InChI=1S/C15H21N3O2/c1-2-14(19)17-18-9-8-13(11-18)15(20)16-10-12-6-4-3-5-7-12/h3-7,13H,2,8-11H2,1H3,(H,16,20)(H,17,19). The molecule has 1 saturated heterocycles. The first-order chi connectivity index (χ1) is 9.69. The SMILES string of the molecule is CCC(=O)NN1CCC(C(=O)NCc2ccccc2)C1. The van der Waals surface area contributed by atoms with E-state index in [1.54, 1.807) is 0 Å². The Bertz CT molecular complexity index is 461. The first-order valence-corrected chi connectivity index (χ1v) is 7.05. The van der Waals surface area contributed by atoms with Gasteiger partial charge in [0, 0.05) is 26.1 Å². The third kappa shape index (κ3) is 4.06. The molecular weight excluding hydrogens is 254 g/mol. The number of hydrogen-bond donors (Lipinski definition) is 2. The lowest BCUT2D eigenvalue weighted by molar-refractivity contribution is -0.127. The van der Waals surface area contributed by atoms with Gasteiger partial charge in [-0.2, -0.15) is 0 Å². The van der Waals surface area contributed by atoms with Crippen molar-refractivity contribution < 1.29 is 9.59 Å². The van der Waals surface area contributed by atoms with Crippen LogP contribution >= 0.6 is 0 Å². The Morgan fingerprint density at radius 3 is 2.75 bits per heavy atom. The fraction of sp³-hybridized carbons (Fsp3) is 0.467. The van der Waals surface area contributed by atoms with Crippen LogP contribution in [-0.4, -0.2) is 29.9 Å². The molecule has 2 rings (SSSR count). The van der Waals surface area contributed by atoms with Crippen LogP contribution in [0.3, 0.4) is 0 Å². The van der Waals surface area contributed by atoms with Crippen LogP contribution in [0.2, 0.25) is 0 Å². The molecule has 1 aromatic carbocycles. The number of carbonyl (C=O) groups excluding carboxylic acids is 2. The molecule has 1 aliphatic rings. The van der Waals surface area contributed by atoms with E-state index < -0.39 is 0 Å². The largest absolute Gasteiger partial charge is 0.352 e. The third-order valence-corrected chi connectivity index (χ3v) is 3.47. The molecule has 0 radical (unpaired) electrons. The quantitative estimate of drug-likeness (QED) is 0.845. The van der Waals surface area contributed by atoms with Gasteiger partial charge in [0.2, 0.25) is 11.8 Å². The van der Waals surface area contributed by atoms with Gasteiger partial charge in [-0.25, -0.2) is 5.01 Å². The Morgan fingerprint density at radius 2 is 2.05 bits per heavy atom. The Balaban J connectivity index is 1.75. The van der Waals surface area contributed by atoms with Gasteiger partial charge in [0.15, 0.2) is 0 Å². The number of nitrogens with one attached hydrogen (secondary N) is 2. The number of hydrazine groups is 1. The van der Waals surface area contributed by atoms with Gasteiger partial charge in [0.1, 0.15) is 0 Å². The van der Waals surface area contributed by atoms with Crippen molar-refractivity contribution >= 4 is 11.8 Å². The van der Waals surface area contributed by atoms with Crippen molar-refractivity contribution in [2.24, 2.45) is 5.92 Å². The second kappa shape index (κ2) is 7.05. The molecule has 0 aromatic heterocycles. The van der Waals surface area contributed by atoms with Crippen LogP contribution in [0.5, 0.6) is 0 Å². The fourth-order valence-corrected chi connectivity index (χ4v) is 2.26. The lowest BCUT2D eigenvalue weighted by Gasteiger charge is -2.16. The Hall–Kier alpha value is -1.88. The lowest BCUT2D eigenvalue weighted by Crippen LogP contribution is -2.41. The van der Waals surface area contributed by atoms with Gasteiger partial charge in [-0.1, -0.05) is 37.3 Å². The minimum atomic E-state index is -0.0455. The normalized spacial score (nSPS) is 18.8. The van der Waals surface area contributed by atoms with Crippen LogP contribution in [0.1, 0.15) is 25.3 Å². The summed E-state index contributed by atoms with van der Waals surface area (Å²) in [6, 6.07) is 9.85. The summed E-state index contributed by atoms with van der Waals surface area (Å²) in [7, 11) is 0. The molecule has 1 unspecified atom stereocenters. The number of hydrogen-bond acceptors (Lipinski definition) is 3. The topological polar surface area (TPSA) is 61.4 Å². The number of nitrogens with zero attached hydrogens (tertiary/aromatic N) is 1. The first kappa shape index (κ1) is 14.5. The second-order valence-electron chi connectivity index (χ2n) is 5.02. The summed E-state index contributed by atoms with van der Waals surface area (Å²) in [5, 5.41) is 4.78. The van der Waals surface area contributed by atoms with Crippen LogP contribution in [0, 0.1) is 5.92 Å². The van der Waals surface area contributed by atoms with Crippen LogP contribution in [0.15, 0.2) is 30.3 Å². The van der Waals surface area contributed by atoms with Gasteiger partial charge < -0.3 is 5.32 Å². The molecule has 2 amide bonds. The van der Waals surface area contributed by atoms with E-state index in [0.29, 0.717) is 19.5 Å². The summed E-state index contributed by atoms with van der Waals surface area (Å²) in [6.45, 7) is 3.69. The summed E-state index contributed by atoms with van der Waals surface area (Å²) < 4.78 is 0. The molecule has 1 heterocycles. The summed E-state index contributed by atoms with van der Waals surface area (Å²) in [6.07, 6.45) is 1.24. The average Bonchev–Trinajstić information content (AvgIpc) is 2.94. The summed E-state index contributed by atoms with van der Waals surface area (Å²) in [5.74, 6) is 0.00770. The van der Waals surface area contributed by atoms with Crippen molar-refractivity contribution in [2.75, 3.05) is 13.1 Å². The predicted octanol–water partition coefficient (Wildman–Crippen LogP) is 1.07. The molecule has 20 heavy (non-hydrogen) atoms. The number of amides is 2. The highest BCUT2D eigenvalue weighted by molar-refractivity contribution is 5.79. The smallest absolute Gasteiger partial charge is 0.233 e. The molecule has 0 aliphatic carbocycles. The maximum absolute atomic E-state index is 12.1. The molecule has 0 bridgehead atoms. The predicted molar refractivity (Wildman–Crippen MR) is 76.4 cm³/mol. The molecule has 0 spiro atoms. The molecule has 2 N–H and O–H groups in total. The molecule has 5 nitrogen and oxygen atoms in total. The zero-order chi connectivity index (χ0) is 14.4. The average molecular weight is 275 g/mol. The van der Waals surface area contributed by atoms with Gasteiger partial charge in [-0.3, -0.25) is 15.0 Å². The minimum Gasteiger partial charge on any atom is -0.352 e. The highest BCUT2D eigenvalue weighted by Crippen LogP contribution is 2.14. The highest BCUT2D eigenvalue weighted by Gasteiger charge is 2.28. The molecule has 1 aliphatic heterocycles. The Kier molecular flexibility index (Phi) is 5.12. The van der Waals surface area contributed by atoms with E-state index in [2.05, 4.69) is 10.7 Å². The van der Waals surface area contributed by atoms with E-state index in [9.17, 15) is 9.59 Å². The van der Waals surface area contributed by atoms with E-state index in [1.165, 1.54) is 0 Å². The Morgan fingerprint density at radius 1 is 1.30 bits per heavy atom. The zero-order valence-corrected chi connectivity index (χ0v) is 11.8. The van der Waals surface area contributed by atoms with Gasteiger partial charge >= 0.3 is 0 Å². The van der Waals surface area contributed by atoms with Crippen molar-refractivity contribution in [3.8, 4) is 0 Å². The molecule has 5 heteroatoms. The van der Waals surface area contributed by atoms with Crippen molar-refractivity contribution in [3.05, 3.63) is 35.9 Å². The van der Waals surface area contributed by atoms with Crippen molar-refractivity contribution in [3.63, 3.8) is 0 Å². The lowest BCUT2D eigenvalue weighted by atomic mass is 10.1. The zero-order valence-electron chi connectivity index (χ0n) is 11.8. The van der Waals surface area contributed by atoms with E-state index in [-0.39, 0.29) is 17.7 Å². The molecule has 1 atom stereocenters. The van der Waals surface area contributed by atoms with Gasteiger partial charge in [-0.15, -0.1) is 0 Å². The highest BCUT2D eigenvalue weighted by atomic mass is 16.2. The molecule has 1 fully saturated rings. The molecule has 1 aromatic rings. The molecular formula is C15H21N3O2. The van der Waals surface area contributed by atoms with E-state index in [4.69, 9.17) is 0 Å². The monoisotopic (exact) mass is 275 g/mol. The van der Waals surface area contributed by atoms with Crippen LogP contribution in [0.4, 0.5) is 0 Å². The summed E-state index contributed by atoms with van der Waals surface area (Å²) in [5.41, 5.74) is 3.89. The Labute approximate surface area is 119 Å². The van der Waals surface area contributed by atoms with Crippen LogP contribution in [0.25, 0.3) is 0 Å². The van der Waals surface area contributed by atoms with Crippen molar-refractivity contribution in [1.29, 1.82) is 0 Å². The fourth-order valence-electron chi connectivity index (χ4n) is 2.26. The summed E-state index contributed by atoms with van der Waals surface area (Å²) >= 11 is 0. The van der Waals surface area contributed by atoms with Crippen molar-refractivity contribution in [2.45, 2.75) is 26.3 Å². The summed E-state index contributed by atoms with van der Waals surface area (Å²) in [4.78, 5) is 23.4. The van der Waals surface area contributed by atoms with Crippen LogP contribution in [-0.2, 0) is 16.1 Å². The van der Waals surface area contributed by atoms with Crippen molar-refractivity contribution in [1.82, 2.24) is 15.8 Å². The molecule has 0 saturated carbocycles. The van der Waals surface area contributed by atoms with Gasteiger partial charge in [0.05, 0.1) is 5.92 Å². The second-order valence-corrected chi connectivity index (χ2v) is 5.02. The maximum Gasteiger partial charge on any atom is 0.233 e. The minimum absolute atomic E-state index is 0.00431. The van der Waals surface area contributed by atoms with Gasteiger partial charge in [-0.05, 0) is 12.0 Å². The van der Waals surface area contributed by atoms with Gasteiger partial charge in [0.25, 0.3) is 0 Å². The third-order valence-electron chi connectivity index (χ3n) is 3.47. The number of carbonyl (C=O) groups is 2.